The summed E-state index contributed by atoms with van der Waals surface area (Å²) in [4.78, 5) is 41.8. The molecule has 0 heterocycles. The Morgan fingerprint density at radius 2 is 1.49 bits per heavy atom. The van der Waals surface area contributed by atoms with Crippen LogP contribution in [0.2, 0.25) is 0 Å². The van der Waals surface area contributed by atoms with Gasteiger partial charge in [0.25, 0.3) is 0 Å². The molecule has 1 aromatic rings. The standard InChI is InChI=1S/C31H53N3O4S/c1-7-10-12-13-14-16-22-34(29(36)26(23-39)33-30(37)38-31(4,5)6)27(28(35)32-21-15-11-8-2)25-19-17-24(9-3)18-20-25/h17-20,26-27,39H,7-16,21-23H2,1-6H3,(H,32,35)(H,33,37). The van der Waals surface area contributed by atoms with Crippen LogP contribution in [0.15, 0.2) is 24.3 Å². The molecule has 222 valence electrons. The molecule has 0 fully saturated rings. The summed E-state index contributed by atoms with van der Waals surface area (Å²) in [6.07, 6.45) is 9.51. The van der Waals surface area contributed by atoms with E-state index < -0.39 is 23.8 Å². The van der Waals surface area contributed by atoms with Gasteiger partial charge in [0, 0.05) is 18.8 Å². The van der Waals surface area contributed by atoms with Crippen LogP contribution in [0.1, 0.15) is 116 Å². The van der Waals surface area contributed by atoms with Crippen molar-refractivity contribution in [2.24, 2.45) is 0 Å². The van der Waals surface area contributed by atoms with E-state index in [-0.39, 0.29) is 17.6 Å². The number of hydrogen-bond donors (Lipinski definition) is 3. The number of nitrogens with zero attached hydrogens (tertiary/aromatic N) is 1. The Labute approximate surface area is 242 Å². The molecule has 1 rings (SSSR count). The highest BCUT2D eigenvalue weighted by atomic mass is 32.1. The maximum Gasteiger partial charge on any atom is 0.408 e. The summed E-state index contributed by atoms with van der Waals surface area (Å²) in [6.45, 7) is 12.7. The Morgan fingerprint density at radius 1 is 0.897 bits per heavy atom. The lowest BCUT2D eigenvalue weighted by Crippen LogP contribution is -2.54. The fraction of sp³-hybridized carbons (Fsp3) is 0.710. The lowest BCUT2D eigenvalue weighted by atomic mass is 10.00. The Morgan fingerprint density at radius 3 is 2.05 bits per heavy atom. The van der Waals surface area contributed by atoms with Crippen molar-refractivity contribution in [3.05, 3.63) is 35.4 Å². The van der Waals surface area contributed by atoms with Crippen molar-refractivity contribution in [3.63, 3.8) is 0 Å². The second kappa shape index (κ2) is 19.0. The number of nitrogens with one attached hydrogen (secondary N) is 2. The third-order valence-corrected chi connectivity index (χ3v) is 6.92. The number of carbonyl (C=O) groups excluding carboxylic acids is 3. The number of rotatable bonds is 18. The van der Waals surface area contributed by atoms with Crippen LogP contribution in [-0.2, 0) is 20.7 Å². The minimum atomic E-state index is -0.923. The molecule has 0 radical (unpaired) electrons. The molecule has 39 heavy (non-hydrogen) atoms. The Hall–Kier alpha value is -2.22. The van der Waals surface area contributed by atoms with Gasteiger partial charge < -0.3 is 20.3 Å². The van der Waals surface area contributed by atoms with Gasteiger partial charge >= 0.3 is 6.09 Å². The van der Waals surface area contributed by atoms with Gasteiger partial charge in [0.1, 0.15) is 17.7 Å². The molecule has 0 aliphatic carbocycles. The fourth-order valence-corrected chi connectivity index (χ4v) is 4.60. The highest BCUT2D eigenvalue weighted by Gasteiger charge is 2.35. The predicted octanol–water partition coefficient (Wildman–Crippen LogP) is 6.61. The first-order valence-corrected chi connectivity index (χ1v) is 15.5. The molecule has 7 nitrogen and oxygen atoms in total. The second-order valence-corrected chi connectivity index (χ2v) is 11.5. The fourth-order valence-electron chi connectivity index (χ4n) is 4.36. The van der Waals surface area contributed by atoms with Crippen LogP contribution in [0.3, 0.4) is 0 Å². The predicted molar refractivity (Wildman–Crippen MR) is 163 cm³/mol. The molecule has 2 atom stereocenters. The lowest BCUT2D eigenvalue weighted by molar-refractivity contribution is -0.142. The van der Waals surface area contributed by atoms with E-state index in [1.54, 1.807) is 25.7 Å². The first-order chi connectivity index (χ1) is 18.6. The van der Waals surface area contributed by atoms with Crippen molar-refractivity contribution in [1.82, 2.24) is 15.5 Å². The van der Waals surface area contributed by atoms with Crippen molar-refractivity contribution in [3.8, 4) is 0 Å². The van der Waals surface area contributed by atoms with E-state index in [0.717, 1.165) is 62.5 Å². The lowest BCUT2D eigenvalue weighted by Gasteiger charge is -2.34. The molecule has 0 spiro atoms. The highest BCUT2D eigenvalue weighted by Crippen LogP contribution is 2.25. The van der Waals surface area contributed by atoms with Gasteiger partial charge in [-0.05, 0) is 51.2 Å². The minimum absolute atomic E-state index is 0.0880. The van der Waals surface area contributed by atoms with E-state index >= 15 is 0 Å². The van der Waals surface area contributed by atoms with Crippen LogP contribution in [0.5, 0.6) is 0 Å². The van der Waals surface area contributed by atoms with Crippen LogP contribution >= 0.6 is 12.6 Å². The van der Waals surface area contributed by atoms with Crippen molar-refractivity contribution < 1.29 is 19.1 Å². The van der Waals surface area contributed by atoms with E-state index in [9.17, 15) is 14.4 Å². The number of ether oxygens (including phenoxy) is 1. The molecule has 8 heteroatoms. The number of benzene rings is 1. The first-order valence-electron chi connectivity index (χ1n) is 14.8. The maximum atomic E-state index is 14.0. The third-order valence-electron chi connectivity index (χ3n) is 6.55. The van der Waals surface area contributed by atoms with Gasteiger partial charge in [-0.1, -0.05) is 90.0 Å². The summed E-state index contributed by atoms with van der Waals surface area (Å²) < 4.78 is 5.40. The Kier molecular flexibility index (Phi) is 16.9. The number of amides is 3. The number of aryl methyl sites for hydroxylation is 1. The van der Waals surface area contributed by atoms with Crippen LogP contribution in [-0.4, -0.2) is 53.3 Å². The van der Waals surface area contributed by atoms with Crippen molar-refractivity contribution >= 4 is 30.5 Å². The van der Waals surface area contributed by atoms with Gasteiger partial charge in [0.05, 0.1) is 0 Å². The molecular formula is C31H53N3O4S. The van der Waals surface area contributed by atoms with Crippen LogP contribution in [0.4, 0.5) is 4.79 Å². The van der Waals surface area contributed by atoms with Crippen LogP contribution < -0.4 is 10.6 Å². The smallest absolute Gasteiger partial charge is 0.408 e. The minimum Gasteiger partial charge on any atom is -0.444 e. The Bertz CT molecular complexity index is 854. The van der Waals surface area contributed by atoms with Crippen LogP contribution in [0, 0.1) is 0 Å². The van der Waals surface area contributed by atoms with E-state index in [2.05, 4.69) is 44.0 Å². The van der Waals surface area contributed by atoms with Gasteiger partial charge in [-0.25, -0.2) is 4.79 Å². The van der Waals surface area contributed by atoms with Gasteiger partial charge in [-0.15, -0.1) is 0 Å². The average molecular weight is 564 g/mol. The molecule has 1 aromatic carbocycles. The zero-order chi connectivity index (χ0) is 29.3. The molecule has 2 N–H and O–H groups in total. The average Bonchev–Trinajstić information content (AvgIpc) is 2.89. The van der Waals surface area contributed by atoms with Crippen LogP contribution in [0.25, 0.3) is 0 Å². The summed E-state index contributed by atoms with van der Waals surface area (Å²) in [5, 5.41) is 5.75. The monoisotopic (exact) mass is 563 g/mol. The summed E-state index contributed by atoms with van der Waals surface area (Å²) in [5.41, 5.74) is 1.22. The first kappa shape index (κ1) is 34.8. The van der Waals surface area contributed by atoms with Gasteiger partial charge in [0.15, 0.2) is 0 Å². The molecule has 0 aliphatic rings. The van der Waals surface area contributed by atoms with Gasteiger partial charge in [-0.3, -0.25) is 9.59 Å². The number of alkyl carbamates (subject to hydrolysis) is 1. The highest BCUT2D eigenvalue weighted by molar-refractivity contribution is 7.80. The second-order valence-electron chi connectivity index (χ2n) is 11.2. The maximum absolute atomic E-state index is 14.0. The van der Waals surface area contributed by atoms with Gasteiger partial charge in [-0.2, -0.15) is 12.6 Å². The van der Waals surface area contributed by atoms with Crippen molar-refractivity contribution in [2.45, 2.75) is 123 Å². The van der Waals surface area contributed by atoms with Gasteiger partial charge in [0.2, 0.25) is 11.8 Å². The number of hydrogen-bond acceptors (Lipinski definition) is 5. The molecule has 0 aliphatic heterocycles. The zero-order valence-electron chi connectivity index (χ0n) is 25.2. The van der Waals surface area contributed by atoms with Crippen molar-refractivity contribution in [1.29, 1.82) is 0 Å². The largest absolute Gasteiger partial charge is 0.444 e. The molecule has 0 aromatic heterocycles. The summed E-state index contributed by atoms with van der Waals surface area (Å²) in [7, 11) is 0. The van der Waals surface area contributed by atoms with E-state index in [1.165, 1.54) is 12.8 Å². The summed E-state index contributed by atoms with van der Waals surface area (Å²) in [6, 6.07) is 6.17. The normalized spacial score (nSPS) is 12.9. The third kappa shape index (κ3) is 13.6. The molecule has 0 saturated carbocycles. The molecule has 2 unspecified atom stereocenters. The molecular weight excluding hydrogens is 510 g/mol. The van der Waals surface area contributed by atoms with E-state index in [1.807, 2.05) is 24.3 Å². The number of carbonyl (C=O) groups is 3. The molecule has 3 amide bonds. The number of unbranched alkanes of at least 4 members (excludes halogenated alkanes) is 7. The summed E-state index contributed by atoms with van der Waals surface area (Å²) >= 11 is 4.38. The Balaban J connectivity index is 3.30. The van der Waals surface area contributed by atoms with E-state index in [0.29, 0.717) is 13.1 Å². The van der Waals surface area contributed by atoms with Crippen molar-refractivity contribution in [2.75, 3.05) is 18.8 Å². The topological polar surface area (TPSA) is 87.7 Å². The SMILES string of the molecule is CCCCCCCCN(C(=O)C(CS)NC(=O)OC(C)(C)C)C(C(=O)NCCCCC)c1ccc(CC)cc1. The molecule has 0 bridgehead atoms. The molecule has 0 saturated heterocycles. The van der Waals surface area contributed by atoms with E-state index in [4.69, 9.17) is 4.74 Å². The number of thiol groups is 1. The quantitative estimate of drug-likeness (QED) is 0.139. The zero-order valence-corrected chi connectivity index (χ0v) is 26.1. The summed E-state index contributed by atoms with van der Waals surface area (Å²) in [5.74, 6) is -0.451.